The van der Waals surface area contributed by atoms with Crippen LogP contribution in [0.2, 0.25) is 0 Å². The van der Waals surface area contributed by atoms with Crippen LogP contribution in [0.5, 0.6) is 0 Å². The monoisotopic (exact) mass is 252 g/mol. The van der Waals surface area contributed by atoms with Gasteiger partial charge in [-0.15, -0.1) is 0 Å². The summed E-state index contributed by atoms with van der Waals surface area (Å²) in [6.45, 7) is 1.76. The molecule has 0 spiro atoms. The molecule has 1 aromatic heterocycles. The lowest BCUT2D eigenvalue weighted by atomic mass is 9.86. The lowest BCUT2D eigenvalue weighted by molar-refractivity contribution is -0.142. The second kappa shape index (κ2) is 5.20. The van der Waals surface area contributed by atoms with Crippen LogP contribution in [0.25, 0.3) is 0 Å². The quantitative estimate of drug-likeness (QED) is 0.847. The number of amides is 1. The molecule has 1 heterocycles. The highest BCUT2D eigenvalue weighted by Crippen LogP contribution is 2.24. The number of aromatic nitrogens is 1. The molecule has 98 valence electrons. The first-order valence-corrected chi connectivity index (χ1v) is 6.03. The standard InChI is InChI=1S/C12H16N2O4/c1-7-6-13-18-10(7)11(15)14-9-4-2-8(3-5-9)12(16)17/h6,8-9H,2-5H2,1H3,(H,14,15)(H,16,17). The van der Waals surface area contributed by atoms with E-state index in [0.717, 1.165) is 0 Å². The first kappa shape index (κ1) is 12.6. The lowest BCUT2D eigenvalue weighted by Crippen LogP contribution is -2.38. The van der Waals surface area contributed by atoms with Gasteiger partial charge in [0, 0.05) is 11.6 Å². The highest BCUT2D eigenvalue weighted by atomic mass is 16.5. The molecular weight excluding hydrogens is 236 g/mol. The second-order valence-corrected chi connectivity index (χ2v) is 4.70. The van der Waals surface area contributed by atoms with Crippen LogP contribution in [0.1, 0.15) is 41.8 Å². The van der Waals surface area contributed by atoms with Gasteiger partial charge in [0.2, 0.25) is 5.76 Å². The van der Waals surface area contributed by atoms with Crippen LogP contribution in [-0.2, 0) is 4.79 Å². The minimum absolute atomic E-state index is 0.0256. The molecule has 0 radical (unpaired) electrons. The summed E-state index contributed by atoms with van der Waals surface area (Å²) in [6.07, 6.45) is 4.09. The Labute approximate surface area is 104 Å². The van der Waals surface area contributed by atoms with Crippen LogP contribution < -0.4 is 5.32 Å². The number of nitrogens with zero attached hydrogens (tertiary/aromatic N) is 1. The van der Waals surface area contributed by atoms with E-state index in [1.54, 1.807) is 6.92 Å². The van der Waals surface area contributed by atoms with E-state index in [2.05, 4.69) is 10.5 Å². The molecule has 1 saturated carbocycles. The molecule has 0 aliphatic heterocycles. The number of carboxylic acids is 1. The second-order valence-electron chi connectivity index (χ2n) is 4.70. The third-order valence-corrected chi connectivity index (χ3v) is 3.37. The van der Waals surface area contributed by atoms with Crippen molar-refractivity contribution < 1.29 is 19.2 Å². The number of carbonyl (C=O) groups is 2. The summed E-state index contributed by atoms with van der Waals surface area (Å²) in [4.78, 5) is 22.7. The van der Waals surface area contributed by atoms with Crippen molar-refractivity contribution in [1.82, 2.24) is 10.5 Å². The summed E-state index contributed by atoms with van der Waals surface area (Å²) in [5.74, 6) is -1.06. The van der Waals surface area contributed by atoms with Gasteiger partial charge >= 0.3 is 5.97 Å². The van der Waals surface area contributed by atoms with Crippen LogP contribution in [0, 0.1) is 12.8 Å². The van der Waals surface area contributed by atoms with Gasteiger partial charge in [0.15, 0.2) is 0 Å². The first-order valence-electron chi connectivity index (χ1n) is 6.03. The summed E-state index contributed by atoms with van der Waals surface area (Å²) in [6, 6.07) is 0.0256. The van der Waals surface area contributed by atoms with Gasteiger partial charge in [-0.25, -0.2) is 0 Å². The Morgan fingerprint density at radius 3 is 2.56 bits per heavy atom. The number of nitrogens with one attached hydrogen (secondary N) is 1. The van der Waals surface area contributed by atoms with Gasteiger partial charge in [-0.05, 0) is 32.6 Å². The average Bonchev–Trinajstić information content (AvgIpc) is 2.76. The first-order chi connectivity index (χ1) is 8.58. The zero-order chi connectivity index (χ0) is 13.1. The molecule has 0 unspecified atom stereocenters. The van der Waals surface area contributed by atoms with Crippen molar-refractivity contribution in [3.8, 4) is 0 Å². The molecule has 0 saturated heterocycles. The Balaban J connectivity index is 1.87. The van der Waals surface area contributed by atoms with E-state index >= 15 is 0 Å². The molecule has 6 nitrogen and oxygen atoms in total. The molecule has 1 aliphatic carbocycles. The summed E-state index contributed by atoms with van der Waals surface area (Å²) in [7, 11) is 0. The van der Waals surface area contributed by atoms with Crippen LogP contribution in [0.4, 0.5) is 0 Å². The fraction of sp³-hybridized carbons (Fsp3) is 0.583. The number of aliphatic carboxylic acids is 1. The molecule has 6 heteroatoms. The zero-order valence-electron chi connectivity index (χ0n) is 10.2. The molecule has 1 aromatic rings. The Kier molecular flexibility index (Phi) is 3.64. The van der Waals surface area contributed by atoms with Crippen molar-refractivity contribution in [3.05, 3.63) is 17.5 Å². The Hall–Kier alpha value is -1.85. The molecule has 2 rings (SSSR count). The molecule has 2 N–H and O–H groups in total. The third kappa shape index (κ3) is 2.69. The maximum absolute atomic E-state index is 11.8. The van der Waals surface area contributed by atoms with Gasteiger partial charge in [0.1, 0.15) is 0 Å². The van der Waals surface area contributed by atoms with Gasteiger partial charge in [0.25, 0.3) is 5.91 Å². The third-order valence-electron chi connectivity index (χ3n) is 3.37. The number of carbonyl (C=O) groups excluding carboxylic acids is 1. The molecule has 0 aromatic carbocycles. The number of hydrogen-bond acceptors (Lipinski definition) is 4. The van der Waals surface area contributed by atoms with Crippen LogP contribution >= 0.6 is 0 Å². The average molecular weight is 252 g/mol. The van der Waals surface area contributed by atoms with E-state index in [9.17, 15) is 9.59 Å². The van der Waals surface area contributed by atoms with E-state index < -0.39 is 5.97 Å². The number of rotatable bonds is 3. The fourth-order valence-electron chi connectivity index (χ4n) is 2.24. The van der Waals surface area contributed by atoms with Crippen molar-refractivity contribution in [2.45, 2.75) is 38.6 Å². The highest BCUT2D eigenvalue weighted by molar-refractivity contribution is 5.92. The van der Waals surface area contributed by atoms with Gasteiger partial charge < -0.3 is 14.9 Å². The Morgan fingerprint density at radius 2 is 2.06 bits per heavy atom. The molecule has 1 aliphatic rings. The Morgan fingerprint density at radius 1 is 1.39 bits per heavy atom. The zero-order valence-corrected chi connectivity index (χ0v) is 10.2. The predicted molar refractivity (Wildman–Crippen MR) is 62.1 cm³/mol. The van der Waals surface area contributed by atoms with Crippen molar-refractivity contribution >= 4 is 11.9 Å². The fourth-order valence-corrected chi connectivity index (χ4v) is 2.24. The van der Waals surface area contributed by atoms with Crippen LogP contribution in [0.3, 0.4) is 0 Å². The van der Waals surface area contributed by atoms with E-state index in [0.29, 0.717) is 31.2 Å². The van der Waals surface area contributed by atoms with Gasteiger partial charge in [-0.1, -0.05) is 5.16 Å². The number of carboxylic acid groups (broad SMARTS) is 1. The minimum atomic E-state index is -0.745. The highest BCUT2D eigenvalue weighted by Gasteiger charge is 2.27. The number of hydrogen-bond donors (Lipinski definition) is 2. The normalized spacial score (nSPS) is 23.6. The van der Waals surface area contributed by atoms with Crippen molar-refractivity contribution in [3.63, 3.8) is 0 Å². The molecular formula is C12H16N2O4. The maximum Gasteiger partial charge on any atom is 0.306 e. The summed E-state index contributed by atoms with van der Waals surface area (Å²) in [5.41, 5.74) is 0.701. The van der Waals surface area contributed by atoms with E-state index in [4.69, 9.17) is 9.63 Å². The molecule has 18 heavy (non-hydrogen) atoms. The Bertz CT molecular complexity index is 447. The van der Waals surface area contributed by atoms with Crippen molar-refractivity contribution in [1.29, 1.82) is 0 Å². The molecule has 0 atom stereocenters. The van der Waals surface area contributed by atoms with Crippen molar-refractivity contribution in [2.75, 3.05) is 0 Å². The maximum atomic E-state index is 11.8. The van der Waals surface area contributed by atoms with E-state index in [1.165, 1.54) is 6.20 Å². The van der Waals surface area contributed by atoms with E-state index in [-0.39, 0.29) is 23.6 Å². The van der Waals surface area contributed by atoms with Gasteiger partial charge in [-0.2, -0.15) is 0 Å². The largest absolute Gasteiger partial charge is 0.481 e. The molecule has 1 amide bonds. The minimum Gasteiger partial charge on any atom is -0.481 e. The number of aryl methyl sites for hydroxylation is 1. The smallest absolute Gasteiger partial charge is 0.306 e. The topological polar surface area (TPSA) is 92.4 Å². The van der Waals surface area contributed by atoms with Crippen LogP contribution in [-0.4, -0.2) is 28.2 Å². The van der Waals surface area contributed by atoms with E-state index in [1.807, 2.05) is 0 Å². The predicted octanol–water partition coefficient (Wildman–Crippen LogP) is 1.36. The lowest BCUT2D eigenvalue weighted by Gasteiger charge is -2.26. The van der Waals surface area contributed by atoms with Crippen LogP contribution in [0.15, 0.2) is 10.7 Å². The summed E-state index contributed by atoms with van der Waals surface area (Å²) in [5, 5.41) is 15.3. The SMILES string of the molecule is Cc1cnoc1C(=O)NC1CCC(C(=O)O)CC1. The van der Waals surface area contributed by atoms with Gasteiger partial charge in [-0.3, -0.25) is 9.59 Å². The molecule has 0 bridgehead atoms. The summed E-state index contributed by atoms with van der Waals surface area (Å²) >= 11 is 0. The van der Waals surface area contributed by atoms with Crippen molar-refractivity contribution in [2.24, 2.45) is 5.92 Å². The molecule has 1 fully saturated rings. The van der Waals surface area contributed by atoms with Gasteiger partial charge in [0.05, 0.1) is 12.1 Å². The summed E-state index contributed by atoms with van der Waals surface area (Å²) < 4.78 is 4.87.